The Kier molecular flexibility index (Phi) is 5.28. The van der Waals surface area contributed by atoms with Crippen LogP contribution in [-0.4, -0.2) is 67.4 Å². The summed E-state index contributed by atoms with van der Waals surface area (Å²) in [5.74, 6) is -0.176. The number of H-pyrrole nitrogens is 1. The van der Waals surface area contributed by atoms with Gasteiger partial charge in [-0.05, 0) is 5.56 Å². The molecule has 8 nitrogen and oxygen atoms in total. The van der Waals surface area contributed by atoms with E-state index in [1.165, 1.54) is 12.0 Å². The second kappa shape index (κ2) is 7.46. The fraction of sp³-hybridized carbons (Fsp3) is 0.412. The van der Waals surface area contributed by atoms with Gasteiger partial charge >= 0.3 is 6.03 Å². The molecule has 1 aliphatic rings. The lowest BCUT2D eigenvalue weighted by Crippen LogP contribution is -2.48. The lowest BCUT2D eigenvalue weighted by molar-refractivity contribution is 0.0985. The molecule has 0 unspecified atom stereocenters. The minimum atomic E-state index is -3.19. The smallest absolute Gasteiger partial charge is 0.317 e. The van der Waals surface area contributed by atoms with Crippen LogP contribution in [-0.2, 0) is 21.1 Å². The molecule has 0 bridgehead atoms. The highest BCUT2D eigenvalue weighted by molar-refractivity contribution is 7.91. The average molecular weight is 378 g/mol. The van der Waals surface area contributed by atoms with Crippen molar-refractivity contribution in [3.8, 4) is 11.3 Å². The number of benzene rings is 1. The maximum absolute atomic E-state index is 12.5. The standard InChI is InChI=1S/C17H22N4O4S/c1-21(17(22)19-14-10-26(23,24)11-15(14)25-2)9-13-8-18-20-16(13)12-6-4-3-5-7-12/h3-8,14-15H,9-11H2,1-2H3,(H,18,20)(H,19,22)/t14-,15-/m1/s1. The first-order chi connectivity index (χ1) is 12.4. The van der Waals surface area contributed by atoms with E-state index in [9.17, 15) is 13.2 Å². The fourth-order valence-corrected chi connectivity index (χ4v) is 4.91. The Morgan fingerprint density at radius 1 is 1.35 bits per heavy atom. The minimum Gasteiger partial charge on any atom is -0.378 e. The van der Waals surface area contributed by atoms with E-state index in [0.29, 0.717) is 6.54 Å². The largest absolute Gasteiger partial charge is 0.378 e. The summed E-state index contributed by atoms with van der Waals surface area (Å²) in [5, 5.41) is 9.79. The molecule has 9 heteroatoms. The van der Waals surface area contributed by atoms with Gasteiger partial charge in [0.1, 0.15) is 0 Å². The van der Waals surface area contributed by atoms with Gasteiger partial charge in [-0.25, -0.2) is 13.2 Å². The van der Waals surface area contributed by atoms with Crippen molar-refractivity contribution in [1.29, 1.82) is 0 Å². The second-order valence-electron chi connectivity index (χ2n) is 6.40. The van der Waals surface area contributed by atoms with Gasteiger partial charge in [0.25, 0.3) is 0 Å². The van der Waals surface area contributed by atoms with Crippen molar-refractivity contribution >= 4 is 15.9 Å². The number of ether oxygens (including phenoxy) is 1. The van der Waals surface area contributed by atoms with E-state index in [1.54, 1.807) is 13.2 Å². The number of aromatic amines is 1. The zero-order valence-electron chi connectivity index (χ0n) is 14.7. The maximum atomic E-state index is 12.5. The van der Waals surface area contributed by atoms with Crippen molar-refractivity contribution in [2.75, 3.05) is 25.7 Å². The molecular weight excluding hydrogens is 356 g/mol. The average Bonchev–Trinajstić information content (AvgIpc) is 3.18. The van der Waals surface area contributed by atoms with E-state index in [-0.39, 0.29) is 17.5 Å². The molecule has 1 saturated heterocycles. The van der Waals surface area contributed by atoms with Crippen LogP contribution in [0, 0.1) is 0 Å². The van der Waals surface area contributed by atoms with Gasteiger partial charge in [-0.1, -0.05) is 30.3 Å². The van der Waals surface area contributed by atoms with Crippen molar-refractivity contribution in [3.05, 3.63) is 42.1 Å². The number of nitrogens with zero attached hydrogens (tertiary/aromatic N) is 2. The molecule has 0 aliphatic carbocycles. The lowest BCUT2D eigenvalue weighted by atomic mass is 10.1. The number of methoxy groups -OCH3 is 1. The van der Waals surface area contributed by atoms with Gasteiger partial charge in [0.05, 0.1) is 42.1 Å². The summed E-state index contributed by atoms with van der Waals surface area (Å²) in [5.41, 5.74) is 2.70. The highest BCUT2D eigenvalue weighted by Gasteiger charge is 2.39. The monoisotopic (exact) mass is 378 g/mol. The van der Waals surface area contributed by atoms with Crippen molar-refractivity contribution in [3.63, 3.8) is 0 Å². The van der Waals surface area contributed by atoms with E-state index >= 15 is 0 Å². The van der Waals surface area contributed by atoms with Crippen LogP contribution in [0.1, 0.15) is 5.56 Å². The van der Waals surface area contributed by atoms with Crippen LogP contribution < -0.4 is 5.32 Å². The van der Waals surface area contributed by atoms with Crippen molar-refractivity contribution in [2.24, 2.45) is 0 Å². The van der Waals surface area contributed by atoms with Crippen LogP contribution in [0.5, 0.6) is 0 Å². The normalized spacial score (nSPS) is 21.5. The number of carbonyl (C=O) groups is 1. The summed E-state index contributed by atoms with van der Waals surface area (Å²) >= 11 is 0. The molecule has 2 amide bonds. The zero-order valence-corrected chi connectivity index (χ0v) is 15.5. The molecule has 26 heavy (non-hydrogen) atoms. The van der Waals surface area contributed by atoms with E-state index in [4.69, 9.17) is 4.74 Å². The number of nitrogens with one attached hydrogen (secondary N) is 2. The molecule has 140 valence electrons. The molecule has 0 radical (unpaired) electrons. The lowest BCUT2D eigenvalue weighted by Gasteiger charge is -2.23. The summed E-state index contributed by atoms with van der Waals surface area (Å²) in [4.78, 5) is 14.0. The Morgan fingerprint density at radius 2 is 2.08 bits per heavy atom. The number of aromatic nitrogens is 2. The highest BCUT2D eigenvalue weighted by Crippen LogP contribution is 2.22. The van der Waals surface area contributed by atoms with Crippen LogP contribution >= 0.6 is 0 Å². The van der Waals surface area contributed by atoms with Gasteiger partial charge in [-0.15, -0.1) is 0 Å². The van der Waals surface area contributed by atoms with Crippen molar-refractivity contribution < 1.29 is 17.9 Å². The van der Waals surface area contributed by atoms with Crippen LogP contribution in [0.25, 0.3) is 11.3 Å². The van der Waals surface area contributed by atoms with Crippen molar-refractivity contribution in [2.45, 2.75) is 18.7 Å². The third-order valence-electron chi connectivity index (χ3n) is 4.45. The molecule has 1 aromatic carbocycles. The molecule has 0 spiro atoms. The van der Waals surface area contributed by atoms with E-state index < -0.39 is 22.0 Å². The molecule has 2 aromatic rings. The highest BCUT2D eigenvalue weighted by atomic mass is 32.2. The SMILES string of the molecule is CO[C@@H]1CS(=O)(=O)C[C@H]1NC(=O)N(C)Cc1cn[nH]c1-c1ccccc1. The number of hydrogen-bond acceptors (Lipinski definition) is 5. The number of hydrogen-bond donors (Lipinski definition) is 2. The topological polar surface area (TPSA) is 104 Å². The molecule has 2 heterocycles. The summed E-state index contributed by atoms with van der Waals surface area (Å²) < 4.78 is 28.7. The molecule has 1 fully saturated rings. The summed E-state index contributed by atoms with van der Waals surface area (Å²) in [6.45, 7) is 0.337. The Labute approximate surface area is 152 Å². The Balaban J connectivity index is 1.67. The summed E-state index contributed by atoms with van der Waals surface area (Å²) in [6.07, 6.45) is 1.16. The first kappa shape index (κ1) is 18.4. The third-order valence-corrected chi connectivity index (χ3v) is 6.15. The maximum Gasteiger partial charge on any atom is 0.317 e. The van der Waals surface area contributed by atoms with Gasteiger partial charge in [-0.2, -0.15) is 5.10 Å². The van der Waals surface area contributed by atoms with Gasteiger partial charge in [0, 0.05) is 19.7 Å². The Hall–Kier alpha value is -2.39. The minimum absolute atomic E-state index is 0.0714. The quantitative estimate of drug-likeness (QED) is 0.809. The molecule has 2 N–H and O–H groups in total. The fourth-order valence-electron chi connectivity index (χ4n) is 3.06. The van der Waals surface area contributed by atoms with Crippen molar-refractivity contribution in [1.82, 2.24) is 20.4 Å². The number of sulfone groups is 1. The summed E-state index contributed by atoms with van der Waals surface area (Å²) in [7, 11) is -0.0885. The van der Waals surface area contributed by atoms with Gasteiger partial charge in [-0.3, -0.25) is 5.10 Å². The number of amides is 2. The Morgan fingerprint density at radius 3 is 2.77 bits per heavy atom. The van der Waals surface area contributed by atoms with Crippen LogP contribution in [0.15, 0.2) is 36.5 Å². The first-order valence-corrected chi connectivity index (χ1v) is 10.0. The van der Waals surface area contributed by atoms with E-state index in [2.05, 4.69) is 15.5 Å². The molecule has 3 rings (SSSR count). The molecule has 1 aliphatic heterocycles. The molecular formula is C17H22N4O4S. The van der Waals surface area contributed by atoms with E-state index in [1.807, 2.05) is 30.3 Å². The first-order valence-electron chi connectivity index (χ1n) is 8.22. The van der Waals surface area contributed by atoms with Crippen LogP contribution in [0.2, 0.25) is 0 Å². The van der Waals surface area contributed by atoms with Gasteiger partial charge in [0.2, 0.25) is 0 Å². The predicted octanol–water partition coefficient (Wildman–Crippen LogP) is 1.03. The molecule has 1 aromatic heterocycles. The van der Waals surface area contributed by atoms with Gasteiger partial charge < -0.3 is 15.0 Å². The number of urea groups is 1. The van der Waals surface area contributed by atoms with Crippen LogP contribution in [0.3, 0.4) is 0 Å². The number of carbonyl (C=O) groups excluding carboxylic acids is 1. The van der Waals surface area contributed by atoms with Crippen LogP contribution in [0.4, 0.5) is 4.79 Å². The van der Waals surface area contributed by atoms with E-state index in [0.717, 1.165) is 16.8 Å². The summed E-state index contributed by atoms with van der Waals surface area (Å²) in [6, 6.07) is 8.82. The second-order valence-corrected chi connectivity index (χ2v) is 8.55. The zero-order chi connectivity index (χ0) is 18.7. The molecule has 0 saturated carbocycles. The van der Waals surface area contributed by atoms with Gasteiger partial charge in [0.15, 0.2) is 9.84 Å². The Bertz CT molecular complexity index is 866. The third kappa shape index (κ3) is 4.05. The number of rotatable bonds is 5. The predicted molar refractivity (Wildman–Crippen MR) is 97.3 cm³/mol. The molecule has 2 atom stereocenters.